The molecule has 0 amide bonds. The molecule has 0 saturated heterocycles. The highest BCUT2D eigenvalue weighted by atomic mass is 32.1. The van der Waals surface area contributed by atoms with Crippen molar-refractivity contribution >= 4 is 12.2 Å². The normalized spacial score (nSPS) is 11.2. The first kappa shape index (κ1) is 13.3. The second-order valence-electron chi connectivity index (χ2n) is 4.05. The van der Waals surface area contributed by atoms with Gasteiger partial charge < -0.3 is 9.84 Å². The molecule has 0 saturated carbocycles. The molecule has 1 heterocycles. The van der Waals surface area contributed by atoms with Crippen LogP contribution in [0.25, 0.3) is 0 Å². The molecule has 0 fully saturated rings. The van der Waals surface area contributed by atoms with Crippen LogP contribution in [0.2, 0.25) is 0 Å². The fourth-order valence-electron chi connectivity index (χ4n) is 1.28. The van der Waals surface area contributed by atoms with E-state index in [1.54, 1.807) is 4.57 Å². The summed E-state index contributed by atoms with van der Waals surface area (Å²) in [7, 11) is 0. The highest BCUT2D eigenvalue weighted by Gasteiger charge is 2.03. The van der Waals surface area contributed by atoms with Crippen LogP contribution in [0, 0.1) is 10.7 Å². The zero-order chi connectivity index (χ0) is 12.0. The van der Waals surface area contributed by atoms with Crippen molar-refractivity contribution in [3.8, 4) is 0 Å². The first-order valence-corrected chi connectivity index (χ1v) is 5.88. The van der Waals surface area contributed by atoms with E-state index in [2.05, 4.69) is 24.0 Å². The zero-order valence-electron chi connectivity index (χ0n) is 9.77. The molecule has 5 nitrogen and oxygen atoms in total. The molecule has 0 bridgehead atoms. The second-order valence-corrected chi connectivity index (χ2v) is 4.44. The molecular formula is C10H19N3O2S. The molecule has 0 aromatic carbocycles. The summed E-state index contributed by atoms with van der Waals surface area (Å²) in [5.74, 6) is 1.21. The van der Waals surface area contributed by atoms with Crippen LogP contribution in [0.1, 0.15) is 26.1 Å². The number of hydrogen-bond donors (Lipinski definition) is 2. The Morgan fingerprint density at radius 3 is 2.88 bits per heavy atom. The summed E-state index contributed by atoms with van der Waals surface area (Å²) in [5, 5.41) is 15.6. The third kappa shape index (κ3) is 4.03. The number of nitrogens with one attached hydrogen (secondary N) is 1. The molecule has 0 aliphatic heterocycles. The maximum absolute atomic E-state index is 9.02. The van der Waals surface area contributed by atoms with E-state index in [4.69, 9.17) is 22.1 Å². The van der Waals surface area contributed by atoms with Gasteiger partial charge >= 0.3 is 0 Å². The van der Waals surface area contributed by atoms with Gasteiger partial charge in [0.15, 0.2) is 10.6 Å². The molecule has 0 atom stereocenters. The molecule has 0 aliphatic rings. The minimum atomic E-state index is -0.112. The third-order valence-corrected chi connectivity index (χ3v) is 2.59. The maximum atomic E-state index is 9.02. The van der Waals surface area contributed by atoms with E-state index in [0.29, 0.717) is 29.7 Å². The Hall–Kier alpha value is -0.720. The van der Waals surface area contributed by atoms with E-state index in [9.17, 15) is 0 Å². The lowest BCUT2D eigenvalue weighted by molar-refractivity contribution is 0.114. The largest absolute Gasteiger partial charge is 0.388 e. The average Bonchev–Trinajstić information content (AvgIpc) is 2.59. The van der Waals surface area contributed by atoms with E-state index < -0.39 is 0 Å². The number of nitrogens with zero attached hydrogens (tertiary/aromatic N) is 2. The Labute approximate surface area is 100 Å². The van der Waals surface area contributed by atoms with E-state index in [1.165, 1.54) is 0 Å². The molecule has 0 radical (unpaired) electrons. The number of rotatable bonds is 7. The Kier molecular flexibility index (Phi) is 5.65. The number of hydrogen-bond acceptors (Lipinski definition) is 4. The van der Waals surface area contributed by atoms with Gasteiger partial charge in [-0.1, -0.05) is 13.8 Å². The number of aromatic nitrogens is 3. The number of aliphatic hydroxyl groups is 1. The summed E-state index contributed by atoms with van der Waals surface area (Å²) < 4.78 is 7.76. The molecule has 1 aromatic rings. The molecule has 16 heavy (non-hydrogen) atoms. The molecule has 1 rings (SSSR count). The SMILES string of the molecule is CC(C)CCOCCn1c(CO)n[nH]c1=S. The smallest absolute Gasteiger partial charge is 0.195 e. The van der Waals surface area contributed by atoms with Crippen molar-refractivity contribution in [1.29, 1.82) is 0 Å². The minimum absolute atomic E-state index is 0.112. The monoisotopic (exact) mass is 245 g/mol. The lowest BCUT2D eigenvalue weighted by Gasteiger charge is -2.07. The number of ether oxygens (including phenoxy) is 1. The van der Waals surface area contributed by atoms with Crippen molar-refractivity contribution in [3.63, 3.8) is 0 Å². The Bertz CT molecular complexity index is 359. The topological polar surface area (TPSA) is 63.1 Å². The van der Waals surface area contributed by atoms with E-state index in [-0.39, 0.29) is 6.61 Å². The van der Waals surface area contributed by atoms with Gasteiger partial charge in [-0.25, -0.2) is 0 Å². The molecule has 0 unspecified atom stereocenters. The number of H-pyrrole nitrogens is 1. The van der Waals surface area contributed by atoms with Crippen molar-refractivity contribution in [2.45, 2.75) is 33.4 Å². The molecule has 2 N–H and O–H groups in total. The standard InChI is InChI=1S/C10H19N3O2S/c1-8(2)3-5-15-6-4-13-9(7-14)11-12-10(13)16/h8,14H,3-7H2,1-2H3,(H,12,16). The van der Waals surface area contributed by atoms with Gasteiger partial charge in [-0.05, 0) is 24.6 Å². The minimum Gasteiger partial charge on any atom is -0.388 e. The lowest BCUT2D eigenvalue weighted by atomic mass is 10.1. The first-order chi connectivity index (χ1) is 7.65. The van der Waals surface area contributed by atoms with Crippen LogP contribution in [0.3, 0.4) is 0 Å². The summed E-state index contributed by atoms with van der Waals surface area (Å²) in [6.45, 7) is 6.20. The lowest BCUT2D eigenvalue weighted by Crippen LogP contribution is -2.11. The quantitative estimate of drug-likeness (QED) is 0.564. The predicted molar refractivity (Wildman–Crippen MR) is 63.6 cm³/mol. The van der Waals surface area contributed by atoms with Crippen LogP contribution in [0.15, 0.2) is 0 Å². The summed E-state index contributed by atoms with van der Waals surface area (Å²) in [6, 6.07) is 0. The molecule has 1 aromatic heterocycles. The maximum Gasteiger partial charge on any atom is 0.195 e. The highest BCUT2D eigenvalue weighted by molar-refractivity contribution is 7.71. The molecule has 92 valence electrons. The van der Waals surface area contributed by atoms with Gasteiger partial charge in [0.25, 0.3) is 0 Å². The van der Waals surface area contributed by atoms with Crippen LogP contribution >= 0.6 is 12.2 Å². The Morgan fingerprint density at radius 2 is 2.25 bits per heavy atom. The van der Waals surface area contributed by atoms with Crippen molar-refractivity contribution in [2.24, 2.45) is 5.92 Å². The highest BCUT2D eigenvalue weighted by Crippen LogP contribution is 2.01. The predicted octanol–water partition coefficient (Wildman–Crippen LogP) is 1.50. The van der Waals surface area contributed by atoms with Gasteiger partial charge in [-0.15, -0.1) is 0 Å². The van der Waals surface area contributed by atoms with Crippen molar-refractivity contribution in [3.05, 3.63) is 10.6 Å². The zero-order valence-corrected chi connectivity index (χ0v) is 10.6. The fourth-order valence-corrected chi connectivity index (χ4v) is 1.52. The van der Waals surface area contributed by atoms with Gasteiger partial charge in [0.05, 0.1) is 13.2 Å². The molecule has 6 heteroatoms. The van der Waals surface area contributed by atoms with Crippen LogP contribution in [0.5, 0.6) is 0 Å². The fraction of sp³-hybridized carbons (Fsp3) is 0.800. The Balaban J connectivity index is 2.31. The summed E-state index contributed by atoms with van der Waals surface area (Å²) >= 11 is 5.04. The van der Waals surface area contributed by atoms with Crippen LogP contribution in [0.4, 0.5) is 0 Å². The van der Waals surface area contributed by atoms with E-state index in [1.807, 2.05) is 0 Å². The molecular weight excluding hydrogens is 226 g/mol. The third-order valence-electron chi connectivity index (χ3n) is 2.28. The molecule has 0 aliphatic carbocycles. The van der Waals surface area contributed by atoms with Crippen LogP contribution in [-0.2, 0) is 17.9 Å². The van der Waals surface area contributed by atoms with Crippen molar-refractivity contribution in [1.82, 2.24) is 14.8 Å². The van der Waals surface area contributed by atoms with Crippen LogP contribution < -0.4 is 0 Å². The van der Waals surface area contributed by atoms with Crippen molar-refractivity contribution < 1.29 is 9.84 Å². The van der Waals surface area contributed by atoms with E-state index >= 15 is 0 Å². The Morgan fingerprint density at radius 1 is 1.50 bits per heavy atom. The van der Waals surface area contributed by atoms with Gasteiger partial charge in [0.2, 0.25) is 0 Å². The van der Waals surface area contributed by atoms with Gasteiger partial charge in [-0.2, -0.15) is 5.10 Å². The van der Waals surface area contributed by atoms with Crippen molar-refractivity contribution in [2.75, 3.05) is 13.2 Å². The van der Waals surface area contributed by atoms with Gasteiger partial charge in [0, 0.05) is 6.61 Å². The number of aliphatic hydroxyl groups excluding tert-OH is 1. The summed E-state index contributed by atoms with van der Waals surface area (Å²) in [5.41, 5.74) is 0. The average molecular weight is 245 g/mol. The summed E-state index contributed by atoms with van der Waals surface area (Å²) in [4.78, 5) is 0. The van der Waals surface area contributed by atoms with Crippen LogP contribution in [-0.4, -0.2) is 33.1 Å². The van der Waals surface area contributed by atoms with Gasteiger partial charge in [-0.3, -0.25) is 9.67 Å². The number of aromatic amines is 1. The summed E-state index contributed by atoms with van der Waals surface area (Å²) in [6.07, 6.45) is 1.06. The first-order valence-electron chi connectivity index (χ1n) is 5.47. The second kappa shape index (κ2) is 6.78. The van der Waals surface area contributed by atoms with E-state index in [0.717, 1.165) is 13.0 Å². The van der Waals surface area contributed by atoms with Gasteiger partial charge in [0.1, 0.15) is 6.61 Å². The molecule has 0 spiro atoms.